The average Bonchev–Trinajstić information content (AvgIpc) is 3.03. The molecular formula is C33H36N4O4. The molecule has 0 unspecified atom stereocenters. The van der Waals surface area contributed by atoms with Crippen LogP contribution in [0.5, 0.6) is 23.0 Å². The summed E-state index contributed by atoms with van der Waals surface area (Å²) in [6.45, 7) is 1.40. The summed E-state index contributed by atoms with van der Waals surface area (Å²) in [6.07, 6.45) is 5.45. The first-order valence-corrected chi connectivity index (χ1v) is 13.8. The molecule has 4 aromatic rings. The predicted octanol–water partition coefficient (Wildman–Crippen LogP) is 9.94. The van der Waals surface area contributed by atoms with E-state index in [1.807, 2.05) is 97.1 Å². The van der Waals surface area contributed by atoms with Crippen molar-refractivity contribution in [3.63, 3.8) is 0 Å². The van der Waals surface area contributed by atoms with Crippen molar-refractivity contribution >= 4 is 22.7 Å². The molecule has 0 amide bonds. The summed E-state index contributed by atoms with van der Waals surface area (Å²) in [5.74, 6) is 3.28. The first kappa shape index (κ1) is 29.3. The van der Waals surface area contributed by atoms with Crippen molar-refractivity contribution < 1.29 is 18.9 Å². The van der Waals surface area contributed by atoms with Crippen LogP contribution >= 0.6 is 0 Å². The third-order valence-electron chi connectivity index (χ3n) is 6.21. The Hall–Kier alpha value is -4.72. The van der Waals surface area contributed by atoms with Crippen LogP contribution in [0.4, 0.5) is 22.7 Å². The first-order chi connectivity index (χ1) is 20.2. The summed E-state index contributed by atoms with van der Waals surface area (Å²) < 4.78 is 22.0. The van der Waals surface area contributed by atoms with Gasteiger partial charge in [-0.25, -0.2) is 0 Å². The van der Waals surface area contributed by atoms with E-state index < -0.39 is 0 Å². The summed E-state index contributed by atoms with van der Waals surface area (Å²) in [5.41, 5.74) is 3.11. The lowest BCUT2D eigenvalue weighted by Crippen LogP contribution is -1.99. The lowest BCUT2D eigenvalue weighted by atomic mass is 10.1. The number of hydrogen-bond donors (Lipinski definition) is 0. The van der Waals surface area contributed by atoms with Crippen LogP contribution in [0.15, 0.2) is 118 Å². The quantitative estimate of drug-likeness (QED) is 0.102. The number of azo groups is 2. The topological polar surface area (TPSA) is 86.4 Å². The Bertz CT molecular complexity index is 1250. The second-order valence-corrected chi connectivity index (χ2v) is 9.25. The third kappa shape index (κ3) is 10.4. The van der Waals surface area contributed by atoms with Crippen LogP contribution in [-0.2, 0) is 0 Å². The van der Waals surface area contributed by atoms with E-state index in [1.54, 1.807) is 14.2 Å². The number of hydrogen-bond acceptors (Lipinski definition) is 8. The fourth-order valence-corrected chi connectivity index (χ4v) is 3.86. The summed E-state index contributed by atoms with van der Waals surface area (Å²) in [6, 6.07) is 30.2. The van der Waals surface area contributed by atoms with Crippen LogP contribution in [0.3, 0.4) is 0 Å². The second-order valence-electron chi connectivity index (χ2n) is 9.25. The Kier molecular flexibility index (Phi) is 11.7. The van der Waals surface area contributed by atoms with Gasteiger partial charge in [-0.05, 0) is 110 Å². The van der Waals surface area contributed by atoms with Gasteiger partial charge in [-0.15, -0.1) is 0 Å². The van der Waals surface area contributed by atoms with Gasteiger partial charge in [0.25, 0.3) is 0 Å². The molecule has 4 rings (SSSR count). The zero-order valence-electron chi connectivity index (χ0n) is 23.6. The lowest BCUT2D eigenvalue weighted by Gasteiger charge is -2.07. The third-order valence-corrected chi connectivity index (χ3v) is 6.21. The molecule has 8 nitrogen and oxygen atoms in total. The fourth-order valence-electron chi connectivity index (χ4n) is 3.86. The van der Waals surface area contributed by atoms with E-state index >= 15 is 0 Å². The molecule has 0 heterocycles. The van der Waals surface area contributed by atoms with Crippen molar-refractivity contribution in [1.29, 1.82) is 0 Å². The van der Waals surface area contributed by atoms with Gasteiger partial charge in [0, 0.05) is 0 Å². The Labute approximate surface area is 241 Å². The molecule has 0 aromatic heterocycles. The number of methoxy groups -OCH3 is 2. The van der Waals surface area contributed by atoms with Crippen LogP contribution in [0, 0.1) is 0 Å². The molecule has 0 bridgehead atoms. The zero-order valence-corrected chi connectivity index (χ0v) is 23.6. The molecule has 8 heteroatoms. The minimum absolute atomic E-state index is 0.700. The molecule has 0 aliphatic heterocycles. The van der Waals surface area contributed by atoms with E-state index in [-0.39, 0.29) is 0 Å². The molecule has 0 aliphatic rings. The van der Waals surface area contributed by atoms with Crippen molar-refractivity contribution in [1.82, 2.24) is 0 Å². The SMILES string of the molecule is COc1ccc(N=Nc2ccc(OCCCCCCCOc3ccc(N=Nc4ccc(OC)cc4)cc3)cc2)cc1. The van der Waals surface area contributed by atoms with Gasteiger partial charge in [0.1, 0.15) is 23.0 Å². The number of ether oxygens (including phenoxy) is 4. The monoisotopic (exact) mass is 552 g/mol. The van der Waals surface area contributed by atoms with Gasteiger partial charge in [0.05, 0.1) is 50.2 Å². The highest BCUT2D eigenvalue weighted by Gasteiger charge is 1.99. The molecule has 4 aromatic carbocycles. The Morgan fingerprint density at radius 1 is 0.366 bits per heavy atom. The Balaban J connectivity index is 1.03. The number of benzene rings is 4. The summed E-state index contributed by atoms with van der Waals surface area (Å²) in [5, 5.41) is 17.0. The van der Waals surface area contributed by atoms with Crippen LogP contribution < -0.4 is 18.9 Å². The molecular weight excluding hydrogens is 516 g/mol. The Morgan fingerprint density at radius 3 is 0.927 bits per heavy atom. The molecule has 0 spiro atoms. The fraction of sp³-hybridized carbons (Fsp3) is 0.273. The standard InChI is InChI=1S/C33H36N4O4/c1-38-30-16-8-26(9-17-30)34-36-28-12-20-32(21-13-28)40-24-6-4-3-5-7-25-41-33-22-14-29(15-23-33)37-35-27-10-18-31(39-2)19-11-27/h8-23H,3-7,24-25H2,1-2H3. The molecule has 0 saturated carbocycles. The highest BCUT2D eigenvalue weighted by Crippen LogP contribution is 2.24. The highest BCUT2D eigenvalue weighted by molar-refractivity contribution is 5.45. The van der Waals surface area contributed by atoms with Crippen LogP contribution in [-0.4, -0.2) is 27.4 Å². The van der Waals surface area contributed by atoms with Crippen molar-refractivity contribution in [3.8, 4) is 23.0 Å². The van der Waals surface area contributed by atoms with Gasteiger partial charge in [-0.2, -0.15) is 20.5 Å². The smallest absolute Gasteiger partial charge is 0.119 e. The molecule has 0 N–H and O–H groups in total. The van der Waals surface area contributed by atoms with Gasteiger partial charge in [-0.1, -0.05) is 19.3 Å². The van der Waals surface area contributed by atoms with Gasteiger partial charge in [0.2, 0.25) is 0 Å². The van der Waals surface area contributed by atoms with Crippen molar-refractivity contribution in [2.24, 2.45) is 20.5 Å². The average molecular weight is 553 g/mol. The van der Waals surface area contributed by atoms with Gasteiger partial charge >= 0.3 is 0 Å². The maximum atomic E-state index is 5.87. The van der Waals surface area contributed by atoms with Crippen molar-refractivity contribution in [3.05, 3.63) is 97.1 Å². The van der Waals surface area contributed by atoms with Gasteiger partial charge in [-0.3, -0.25) is 0 Å². The van der Waals surface area contributed by atoms with E-state index in [4.69, 9.17) is 18.9 Å². The second kappa shape index (κ2) is 16.4. The molecule has 0 saturated heterocycles. The normalized spacial score (nSPS) is 11.2. The molecule has 0 radical (unpaired) electrons. The highest BCUT2D eigenvalue weighted by atomic mass is 16.5. The minimum atomic E-state index is 0.700. The number of nitrogens with zero attached hydrogens (tertiary/aromatic N) is 4. The van der Waals surface area contributed by atoms with E-state index in [1.165, 1.54) is 0 Å². The first-order valence-electron chi connectivity index (χ1n) is 13.8. The molecule has 41 heavy (non-hydrogen) atoms. The maximum Gasteiger partial charge on any atom is 0.119 e. The minimum Gasteiger partial charge on any atom is -0.497 e. The lowest BCUT2D eigenvalue weighted by molar-refractivity contribution is 0.293. The zero-order chi connectivity index (χ0) is 28.5. The molecule has 212 valence electrons. The van der Waals surface area contributed by atoms with Crippen LogP contribution in [0.2, 0.25) is 0 Å². The van der Waals surface area contributed by atoms with Crippen molar-refractivity contribution in [2.45, 2.75) is 32.1 Å². The van der Waals surface area contributed by atoms with Gasteiger partial charge < -0.3 is 18.9 Å². The molecule has 0 fully saturated rings. The Morgan fingerprint density at radius 2 is 0.634 bits per heavy atom. The van der Waals surface area contributed by atoms with Gasteiger partial charge in [0.15, 0.2) is 0 Å². The largest absolute Gasteiger partial charge is 0.497 e. The summed E-state index contributed by atoms with van der Waals surface area (Å²) >= 11 is 0. The summed E-state index contributed by atoms with van der Waals surface area (Å²) in [4.78, 5) is 0. The summed E-state index contributed by atoms with van der Waals surface area (Å²) in [7, 11) is 3.28. The van der Waals surface area contributed by atoms with Crippen LogP contribution in [0.25, 0.3) is 0 Å². The van der Waals surface area contributed by atoms with E-state index in [0.717, 1.165) is 77.9 Å². The predicted molar refractivity (Wildman–Crippen MR) is 161 cm³/mol. The maximum absolute atomic E-state index is 5.87. The van der Waals surface area contributed by atoms with E-state index in [0.29, 0.717) is 13.2 Å². The van der Waals surface area contributed by atoms with E-state index in [2.05, 4.69) is 20.5 Å². The van der Waals surface area contributed by atoms with E-state index in [9.17, 15) is 0 Å². The van der Waals surface area contributed by atoms with Crippen molar-refractivity contribution in [2.75, 3.05) is 27.4 Å². The molecule has 0 atom stereocenters. The van der Waals surface area contributed by atoms with Crippen LogP contribution in [0.1, 0.15) is 32.1 Å². The number of rotatable bonds is 16. The molecule has 0 aliphatic carbocycles. The number of unbranched alkanes of at least 4 members (excludes halogenated alkanes) is 4.